The van der Waals surface area contributed by atoms with Crippen molar-refractivity contribution in [2.75, 3.05) is 0 Å². The largest absolute Gasteiger partial charge is 0.455 e. The number of aliphatic imine (C=N–C) groups is 2. The smallest absolute Gasteiger partial charge is 0.167 e. The van der Waals surface area contributed by atoms with E-state index >= 15 is 0 Å². The highest BCUT2D eigenvalue weighted by atomic mass is 16.3. The van der Waals surface area contributed by atoms with Crippen molar-refractivity contribution in [2.45, 2.75) is 6.17 Å². The molecule has 0 saturated carbocycles. The molecule has 9 rings (SSSR count). The molecule has 0 radical (unpaired) electrons. The van der Waals surface area contributed by atoms with E-state index in [2.05, 4.69) is 95.6 Å². The summed E-state index contributed by atoms with van der Waals surface area (Å²) >= 11 is 0. The second-order valence-electron chi connectivity index (χ2n) is 12.0. The second kappa shape index (κ2) is 11.4. The maximum absolute atomic E-state index is 6.65. The fourth-order valence-corrected chi connectivity index (χ4v) is 6.89. The zero-order chi connectivity index (χ0) is 32.0. The van der Waals surface area contributed by atoms with Crippen molar-refractivity contribution >= 4 is 66.6 Å². The van der Waals surface area contributed by atoms with E-state index in [-0.39, 0.29) is 0 Å². The SMILES string of the molecule is N/C(=N\C(/N=C/c1ccc(-n2c3ccccc3c3c4oc5ccccc5c4c4ccccc4c32)cc1)c1ccccc1)c1ccccc1. The molecule has 0 aliphatic carbocycles. The number of para-hydroxylation sites is 2. The lowest BCUT2D eigenvalue weighted by atomic mass is 9.99. The molecule has 1 unspecified atom stereocenters. The van der Waals surface area contributed by atoms with Gasteiger partial charge in [-0.2, -0.15) is 0 Å². The molecule has 228 valence electrons. The molecule has 1 atom stereocenters. The van der Waals surface area contributed by atoms with Crippen LogP contribution in [0.1, 0.15) is 22.9 Å². The van der Waals surface area contributed by atoms with Gasteiger partial charge in [0.05, 0.1) is 16.4 Å². The summed E-state index contributed by atoms with van der Waals surface area (Å²) < 4.78 is 9.01. The molecule has 0 saturated heterocycles. The van der Waals surface area contributed by atoms with E-state index in [0.717, 1.165) is 66.1 Å². The minimum absolute atomic E-state index is 0.453. The predicted octanol–water partition coefficient (Wildman–Crippen LogP) is 10.4. The van der Waals surface area contributed by atoms with Gasteiger partial charge in [0.2, 0.25) is 0 Å². The van der Waals surface area contributed by atoms with Crippen molar-refractivity contribution < 1.29 is 4.42 Å². The average molecular weight is 619 g/mol. The van der Waals surface area contributed by atoms with Crippen molar-refractivity contribution in [2.24, 2.45) is 15.7 Å². The Hall–Kier alpha value is -6.46. The highest BCUT2D eigenvalue weighted by Gasteiger charge is 2.22. The topological polar surface area (TPSA) is 68.8 Å². The molecule has 0 aliphatic rings. The number of benzene rings is 7. The molecule has 0 aliphatic heterocycles. The highest BCUT2D eigenvalue weighted by Crippen LogP contribution is 2.45. The number of aromatic nitrogens is 1. The minimum atomic E-state index is -0.471. The number of hydrogen-bond acceptors (Lipinski definition) is 3. The van der Waals surface area contributed by atoms with E-state index < -0.39 is 6.17 Å². The lowest BCUT2D eigenvalue weighted by Crippen LogP contribution is -2.14. The van der Waals surface area contributed by atoms with E-state index in [1.165, 1.54) is 10.8 Å². The van der Waals surface area contributed by atoms with Gasteiger partial charge in [-0.3, -0.25) is 4.99 Å². The third kappa shape index (κ3) is 4.56. The van der Waals surface area contributed by atoms with Gasteiger partial charge in [0.1, 0.15) is 17.0 Å². The summed E-state index contributed by atoms with van der Waals surface area (Å²) in [6, 6.07) is 53.9. The van der Waals surface area contributed by atoms with Crippen molar-refractivity contribution in [1.82, 2.24) is 4.57 Å². The van der Waals surface area contributed by atoms with Gasteiger partial charge in [-0.1, -0.05) is 133 Å². The Balaban J connectivity index is 1.18. The van der Waals surface area contributed by atoms with E-state index in [0.29, 0.717) is 5.84 Å². The monoisotopic (exact) mass is 618 g/mol. The Labute approximate surface area is 276 Å². The summed E-state index contributed by atoms with van der Waals surface area (Å²) in [7, 11) is 0. The maximum Gasteiger partial charge on any atom is 0.167 e. The van der Waals surface area contributed by atoms with Gasteiger partial charge in [0.25, 0.3) is 0 Å². The third-order valence-corrected chi connectivity index (χ3v) is 9.09. The van der Waals surface area contributed by atoms with Crippen LogP contribution < -0.4 is 5.73 Å². The molecule has 5 heteroatoms. The molecule has 2 N–H and O–H groups in total. The molecule has 9 aromatic rings. The van der Waals surface area contributed by atoms with Crippen molar-refractivity contribution in [1.29, 1.82) is 0 Å². The van der Waals surface area contributed by atoms with Crippen LogP contribution in [0.2, 0.25) is 0 Å². The van der Waals surface area contributed by atoms with Crippen LogP contribution in [0.15, 0.2) is 172 Å². The third-order valence-electron chi connectivity index (χ3n) is 9.09. The van der Waals surface area contributed by atoms with Crippen molar-refractivity contribution in [3.05, 3.63) is 174 Å². The highest BCUT2D eigenvalue weighted by molar-refractivity contribution is 6.35. The molecular weight excluding hydrogens is 589 g/mol. The molecule has 0 fully saturated rings. The molecule has 7 aromatic carbocycles. The van der Waals surface area contributed by atoms with Crippen LogP contribution in [0.4, 0.5) is 0 Å². The quantitative estimate of drug-likeness (QED) is 0.149. The summed E-state index contributed by atoms with van der Waals surface area (Å²) in [6.45, 7) is 0. The maximum atomic E-state index is 6.65. The minimum Gasteiger partial charge on any atom is -0.455 e. The van der Waals surface area contributed by atoms with Gasteiger partial charge in [-0.25, -0.2) is 4.99 Å². The van der Waals surface area contributed by atoms with E-state index in [4.69, 9.17) is 20.1 Å². The molecule has 0 spiro atoms. The Bertz CT molecular complexity index is 2670. The van der Waals surface area contributed by atoms with Gasteiger partial charge in [-0.05, 0) is 40.8 Å². The van der Waals surface area contributed by atoms with Crippen LogP contribution in [0.3, 0.4) is 0 Å². The van der Waals surface area contributed by atoms with Gasteiger partial charge < -0.3 is 14.7 Å². The number of fused-ring (bicyclic) bond motifs is 10. The van der Waals surface area contributed by atoms with Gasteiger partial charge in [0, 0.05) is 39.0 Å². The normalized spacial score (nSPS) is 13.0. The first kappa shape index (κ1) is 27.8. The van der Waals surface area contributed by atoms with Gasteiger partial charge >= 0.3 is 0 Å². The number of nitrogens with zero attached hydrogens (tertiary/aromatic N) is 3. The molecule has 2 heterocycles. The molecule has 0 amide bonds. The summed E-state index contributed by atoms with van der Waals surface area (Å²) in [4.78, 5) is 9.72. The van der Waals surface area contributed by atoms with E-state index in [1.807, 2.05) is 72.9 Å². The number of hydrogen-bond donors (Lipinski definition) is 1. The number of amidine groups is 1. The zero-order valence-electron chi connectivity index (χ0n) is 26.0. The number of furan rings is 1. The summed E-state index contributed by atoms with van der Waals surface area (Å²) in [5.41, 5.74) is 14.4. The fourth-order valence-electron chi connectivity index (χ4n) is 6.89. The number of rotatable bonds is 6. The predicted molar refractivity (Wildman–Crippen MR) is 200 cm³/mol. The zero-order valence-corrected chi connectivity index (χ0v) is 26.0. The van der Waals surface area contributed by atoms with Gasteiger partial charge in [0.15, 0.2) is 6.17 Å². The Morgan fingerprint density at radius 3 is 2.00 bits per heavy atom. The average Bonchev–Trinajstić information content (AvgIpc) is 3.71. The first-order valence-corrected chi connectivity index (χ1v) is 16.1. The number of nitrogens with two attached hydrogens (primary N) is 1. The van der Waals surface area contributed by atoms with Crippen LogP contribution >= 0.6 is 0 Å². The van der Waals surface area contributed by atoms with Crippen LogP contribution in [0.5, 0.6) is 0 Å². The van der Waals surface area contributed by atoms with Crippen LogP contribution in [-0.4, -0.2) is 16.6 Å². The standard InChI is InChI=1S/C43H30N4O/c44-42(29-13-3-1-4-14-29)46-43(30-15-5-2-6-16-30)45-27-28-23-25-31(26-24-28)47-36-21-11-9-19-34(36)39-40(47)33-18-8-7-17-32(33)38-35-20-10-12-22-37(35)48-41(38)39/h1-27,43H,(H2,44,46)/b45-27+. The van der Waals surface area contributed by atoms with Gasteiger partial charge in [-0.15, -0.1) is 0 Å². The Kier molecular flexibility index (Phi) is 6.61. The van der Waals surface area contributed by atoms with Crippen LogP contribution in [0, 0.1) is 0 Å². The van der Waals surface area contributed by atoms with E-state index in [1.54, 1.807) is 0 Å². The fraction of sp³-hybridized carbons (Fsp3) is 0.0233. The summed E-state index contributed by atoms with van der Waals surface area (Å²) in [6.07, 6.45) is 1.41. The van der Waals surface area contributed by atoms with Crippen LogP contribution in [-0.2, 0) is 0 Å². The first-order chi connectivity index (χ1) is 23.7. The van der Waals surface area contributed by atoms with Crippen LogP contribution in [0.25, 0.3) is 60.2 Å². The molecule has 2 aromatic heterocycles. The molecular formula is C43H30N4O. The molecule has 0 bridgehead atoms. The summed E-state index contributed by atoms with van der Waals surface area (Å²) in [5, 5.41) is 6.95. The molecule has 5 nitrogen and oxygen atoms in total. The first-order valence-electron chi connectivity index (χ1n) is 16.1. The van der Waals surface area contributed by atoms with Crippen molar-refractivity contribution in [3.63, 3.8) is 0 Å². The molecule has 48 heavy (non-hydrogen) atoms. The van der Waals surface area contributed by atoms with Crippen molar-refractivity contribution in [3.8, 4) is 5.69 Å². The second-order valence-corrected chi connectivity index (χ2v) is 12.0. The lowest BCUT2D eigenvalue weighted by Gasteiger charge is -2.12. The Morgan fingerprint density at radius 2 is 1.23 bits per heavy atom. The summed E-state index contributed by atoms with van der Waals surface area (Å²) in [5.74, 6) is 0.453. The Morgan fingerprint density at radius 1 is 0.604 bits per heavy atom. The van der Waals surface area contributed by atoms with E-state index in [9.17, 15) is 0 Å². The lowest BCUT2D eigenvalue weighted by molar-refractivity contribution is 0.673.